The first-order chi connectivity index (χ1) is 17.2. The molecule has 8 nitrogen and oxygen atoms in total. The lowest BCUT2D eigenvalue weighted by atomic mass is 10.1. The third-order valence-corrected chi connectivity index (χ3v) is 6.02. The van der Waals surface area contributed by atoms with Crippen LogP contribution >= 0.6 is 0 Å². The van der Waals surface area contributed by atoms with E-state index < -0.39 is 0 Å². The van der Waals surface area contributed by atoms with Gasteiger partial charge in [0.15, 0.2) is 0 Å². The van der Waals surface area contributed by atoms with Crippen LogP contribution in [0.4, 0.5) is 0 Å². The van der Waals surface area contributed by atoms with Crippen molar-refractivity contribution >= 4 is 5.91 Å². The van der Waals surface area contributed by atoms with Gasteiger partial charge in [-0.15, -0.1) is 0 Å². The fourth-order valence-electron chi connectivity index (χ4n) is 4.24. The smallest absolute Gasteiger partial charge is 0.254 e. The molecule has 3 aromatic rings. The van der Waals surface area contributed by atoms with E-state index in [0.29, 0.717) is 18.7 Å². The van der Waals surface area contributed by atoms with Crippen molar-refractivity contribution < 1.29 is 4.79 Å². The predicted molar refractivity (Wildman–Crippen MR) is 140 cm³/mol. The van der Waals surface area contributed by atoms with Gasteiger partial charge in [0.2, 0.25) is 0 Å². The maximum Gasteiger partial charge on any atom is 0.254 e. The predicted octanol–water partition coefficient (Wildman–Crippen LogP) is 4.36. The van der Waals surface area contributed by atoms with Gasteiger partial charge in [-0.05, 0) is 69.6 Å². The van der Waals surface area contributed by atoms with E-state index in [1.165, 1.54) is 57.3 Å². The molecule has 0 saturated carbocycles. The van der Waals surface area contributed by atoms with E-state index in [1.807, 2.05) is 24.3 Å². The van der Waals surface area contributed by atoms with Crippen molar-refractivity contribution in [3.8, 4) is 0 Å². The highest BCUT2D eigenvalue weighted by Crippen LogP contribution is 2.13. The van der Waals surface area contributed by atoms with Crippen molar-refractivity contribution in [3.63, 3.8) is 0 Å². The van der Waals surface area contributed by atoms with Crippen LogP contribution in [0.15, 0.2) is 49.1 Å². The molecule has 0 unspecified atom stereocenters. The fraction of sp³-hybridized carbons (Fsp3) is 0.519. The SMILES string of the molecule is CCCN(CCC)CCCCCNCc1ccc(C(=O)N(Cc2ncc[nH]2)Cc2ncc[nH]2)cc1. The second-order valence-electron chi connectivity index (χ2n) is 9.01. The molecule has 0 atom stereocenters. The molecule has 0 fully saturated rings. The summed E-state index contributed by atoms with van der Waals surface area (Å²) in [7, 11) is 0. The molecule has 1 aromatic carbocycles. The fourth-order valence-corrected chi connectivity index (χ4v) is 4.24. The Kier molecular flexibility index (Phi) is 11.5. The standard InChI is InChI=1S/C27H41N7O/c1-3-17-33(18-4-2)19-7-5-6-12-28-20-23-8-10-24(11-9-23)27(35)34(21-25-29-13-14-30-25)22-26-31-15-16-32-26/h8-11,13-16,28H,3-7,12,17-22H2,1-2H3,(H,29,30)(H,31,32). The van der Waals surface area contributed by atoms with Gasteiger partial charge < -0.3 is 25.1 Å². The molecule has 0 radical (unpaired) electrons. The number of hydrogen-bond acceptors (Lipinski definition) is 5. The zero-order valence-electron chi connectivity index (χ0n) is 21.3. The normalized spacial score (nSPS) is 11.3. The molecule has 0 aliphatic carbocycles. The van der Waals surface area contributed by atoms with Crippen molar-refractivity contribution in [1.82, 2.24) is 35.1 Å². The summed E-state index contributed by atoms with van der Waals surface area (Å²) in [5.74, 6) is 1.45. The highest BCUT2D eigenvalue weighted by Gasteiger charge is 2.18. The number of aromatic nitrogens is 4. The van der Waals surface area contributed by atoms with E-state index in [0.717, 1.165) is 24.7 Å². The van der Waals surface area contributed by atoms with Crippen LogP contribution in [0.2, 0.25) is 0 Å². The molecule has 2 aromatic heterocycles. The molecule has 0 aliphatic rings. The topological polar surface area (TPSA) is 92.9 Å². The number of nitrogens with one attached hydrogen (secondary N) is 3. The first kappa shape index (κ1) is 26.6. The van der Waals surface area contributed by atoms with Gasteiger partial charge in [0.1, 0.15) is 11.6 Å². The second kappa shape index (κ2) is 15.1. The van der Waals surface area contributed by atoms with Crippen LogP contribution in [0.25, 0.3) is 0 Å². The molecule has 0 aliphatic heterocycles. The average Bonchev–Trinajstić information content (AvgIpc) is 3.58. The number of benzene rings is 1. The molecule has 190 valence electrons. The highest BCUT2D eigenvalue weighted by atomic mass is 16.2. The molecular weight excluding hydrogens is 438 g/mol. The zero-order valence-corrected chi connectivity index (χ0v) is 21.3. The Bertz CT molecular complexity index is 896. The number of nitrogens with zero attached hydrogens (tertiary/aromatic N) is 4. The molecule has 0 saturated heterocycles. The number of hydrogen-bond donors (Lipinski definition) is 3. The van der Waals surface area contributed by atoms with Crippen molar-refractivity contribution in [1.29, 1.82) is 0 Å². The minimum absolute atomic E-state index is 0.0440. The maximum absolute atomic E-state index is 13.2. The van der Waals surface area contributed by atoms with Gasteiger partial charge in [0, 0.05) is 36.9 Å². The minimum atomic E-state index is -0.0440. The largest absolute Gasteiger partial charge is 0.347 e. The molecule has 3 rings (SSSR count). The second-order valence-corrected chi connectivity index (χ2v) is 9.01. The van der Waals surface area contributed by atoms with E-state index >= 15 is 0 Å². The van der Waals surface area contributed by atoms with E-state index in [9.17, 15) is 4.79 Å². The van der Waals surface area contributed by atoms with Crippen molar-refractivity contribution in [3.05, 3.63) is 71.8 Å². The van der Waals surface area contributed by atoms with E-state index in [4.69, 9.17) is 0 Å². The van der Waals surface area contributed by atoms with E-state index in [-0.39, 0.29) is 5.91 Å². The number of rotatable bonds is 17. The molecule has 8 heteroatoms. The lowest BCUT2D eigenvalue weighted by Gasteiger charge is -2.21. The summed E-state index contributed by atoms with van der Waals surface area (Å²) < 4.78 is 0. The highest BCUT2D eigenvalue weighted by molar-refractivity contribution is 5.94. The molecule has 1 amide bonds. The van der Waals surface area contributed by atoms with Crippen LogP contribution in [0.3, 0.4) is 0 Å². The first-order valence-corrected chi connectivity index (χ1v) is 13.0. The summed E-state index contributed by atoms with van der Waals surface area (Å²) in [6.45, 7) is 10.8. The Morgan fingerprint density at radius 1 is 0.857 bits per heavy atom. The molecule has 2 heterocycles. The molecule has 35 heavy (non-hydrogen) atoms. The summed E-state index contributed by atoms with van der Waals surface area (Å²) in [6, 6.07) is 7.89. The average molecular weight is 480 g/mol. The molecule has 3 N–H and O–H groups in total. The monoisotopic (exact) mass is 479 g/mol. The lowest BCUT2D eigenvalue weighted by molar-refractivity contribution is 0.0721. The van der Waals surface area contributed by atoms with Crippen LogP contribution in [0, 0.1) is 0 Å². The lowest BCUT2D eigenvalue weighted by Crippen LogP contribution is -2.31. The molecule has 0 spiro atoms. The van der Waals surface area contributed by atoms with Crippen LogP contribution in [0.5, 0.6) is 0 Å². The third-order valence-electron chi connectivity index (χ3n) is 6.02. The van der Waals surface area contributed by atoms with Crippen LogP contribution in [-0.4, -0.2) is 61.8 Å². The Morgan fingerprint density at radius 2 is 1.49 bits per heavy atom. The number of carbonyl (C=O) groups excluding carboxylic acids is 1. The molecule has 0 bridgehead atoms. The van der Waals surface area contributed by atoms with Crippen LogP contribution in [0.1, 0.15) is 73.5 Å². The van der Waals surface area contributed by atoms with Gasteiger partial charge in [-0.3, -0.25) is 4.79 Å². The Morgan fingerprint density at radius 3 is 2.03 bits per heavy atom. The quantitative estimate of drug-likeness (QED) is 0.250. The number of imidazole rings is 2. The van der Waals surface area contributed by atoms with Crippen LogP contribution < -0.4 is 5.32 Å². The van der Waals surface area contributed by atoms with Gasteiger partial charge in [-0.2, -0.15) is 0 Å². The van der Waals surface area contributed by atoms with Gasteiger partial charge in [0.05, 0.1) is 13.1 Å². The van der Waals surface area contributed by atoms with E-state index in [2.05, 4.69) is 44.0 Å². The number of aromatic amines is 2. The summed E-state index contributed by atoms with van der Waals surface area (Å²) in [5, 5.41) is 3.54. The van der Waals surface area contributed by atoms with Crippen molar-refractivity contribution in [2.75, 3.05) is 26.2 Å². The number of amides is 1. The Hall–Kier alpha value is -2.97. The maximum atomic E-state index is 13.2. The summed E-state index contributed by atoms with van der Waals surface area (Å²) in [6.07, 6.45) is 13.1. The summed E-state index contributed by atoms with van der Waals surface area (Å²) in [5.41, 5.74) is 1.85. The van der Waals surface area contributed by atoms with Gasteiger partial charge in [-0.25, -0.2) is 9.97 Å². The van der Waals surface area contributed by atoms with Crippen molar-refractivity contribution in [2.24, 2.45) is 0 Å². The number of carbonyl (C=O) groups is 1. The van der Waals surface area contributed by atoms with Gasteiger partial charge >= 0.3 is 0 Å². The Balaban J connectivity index is 1.42. The van der Waals surface area contributed by atoms with Crippen molar-refractivity contribution in [2.45, 2.75) is 65.6 Å². The summed E-state index contributed by atoms with van der Waals surface area (Å²) in [4.78, 5) is 32.2. The van der Waals surface area contributed by atoms with Gasteiger partial charge in [-0.1, -0.05) is 32.4 Å². The zero-order chi connectivity index (χ0) is 24.7. The number of unbranched alkanes of at least 4 members (excludes halogenated alkanes) is 2. The van der Waals surface area contributed by atoms with E-state index in [1.54, 1.807) is 29.7 Å². The van der Waals surface area contributed by atoms with Gasteiger partial charge in [0.25, 0.3) is 5.91 Å². The van der Waals surface area contributed by atoms with Crippen LogP contribution in [-0.2, 0) is 19.6 Å². The number of H-pyrrole nitrogens is 2. The Labute approximate surface area is 209 Å². The minimum Gasteiger partial charge on any atom is -0.347 e. The first-order valence-electron chi connectivity index (χ1n) is 13.0. The third kappa shape index (κ3) is 9.30. The summed E-state index contributed by atoms with van der Waals surface area (Å²) >= 11 is 0. The molecular formula is C27H41N7O.